The summed E-state index contributed by atoms with van der Waals surface area (Å²) in [5.41, 5.74) is 3.79. The summed E-state index contributed by atoms with van der Waals surface area (Å²) in [6.07, 6.45) is 5.28. The number of nitrogens with one attached hydrogen (secondary N) is 2. The van der Waals surface area contributed by atoms with Crippen LogP contribution in [0.1, 0.15) is 24.8 Å². The van der Waals surface area contributed by atoms with Crippen molar-refractivity contribution in [1.82, 2.24) is 19.8 Å². The van der Waals surface area contributed by atoms with E-state index < -0.39 is 7.14 Å². The third-order valence-corrected chi connectivity index (χ3v) is 11.3. The molecule has 11 nitrogen and oxygen atoms in total. The van der Waals surface area contributed by atoms with E-state index in [1.54, 1.807) is 26.6 Å². The Hall–Kier alpha value is -3.05. The minimum atomic E-state index is -2.75. The summed E-state index contributed by atoms with van der Waals surface area (Å²) in [5, 5.41) is 7.32. The molecule has 0 amide bonds. The number of anilines is 5. The predicted octanol–water partition coefficient (Wildman–Crippen LogP) is 5.67. The third kappa shape index (κ3) is 6.95. The Balaban J connectivity index is 1.18. The Bertz CT molecular complexity index is 1630. The number of methoxy groups -OCH3 is 1. The smallest absolute Gasteiger partial charge is 0.229 e. The fourth-order valence-corrected chi connectivity index (χ4v) is 8.44. The van der Waals surface area contributed by atoms with Gasteiger partial charge in [-0.1, -0.05) is 0 Å². The first-order chi connectivity index (χ1) is 22.0. The summed E-state index contributed by atoms with van der Waals surface area (Å²) < 4.78 is 31.6. The van der Waals surface area contributed by atoms with Crippen LogP contribution in [-0.4, -0.2) is 106 Å². The number of likely N-dealkylation sites (tertiary alicyclic amines) is 1. The van der Waals surface area contributed by atoms with E-state index in [0.29, 0.717) is 64.0 Å². The molecule has 6 rings (SSSR count). The Morgan fingerprint density at radius 2 is 1.80 bits per heavy atom. The molecule has 3 aliphatic heterocycles. The molecule has 0 saturated carbocycles. The number of aromatic nitrogens is 2. The highest BCUT2D eigenvalue weighted by Gasteiger charge is 2.32. The molecule has 0 bridgehead atoms. The van der Waals surface area contributed by atoms with Crippen LogP contribution in [0.3, 0.4) is 0 Å². The van der Waals surface area contributed by atoms with Crippen LogP contribution in [0.25, 0.3) is 0 Å². The number of rotatable bonds is 9. The van der Waals surface area contributed by atoms with Crippen molar-refractivity contribution in [3.05, 3.63) is 40.5 Å². The number of halogens is 1. The number of benzene rings is 2. The van der Waals surface area contributed by atoms with Crippen molar-refractivity contribution < 1.29 is 18.8 Å². The molecule has 2 saturated heterocycles. The molecule has 248 valence electrons. The van der Waals surface area contributed by atoms with Gasteiger partial charge in [0.15, 0.2) is 11.5 Å². The second-order valence-electron chi connectivity index (χ2n) is 12.9. The lowest BCUT2D eigenvalue weighted by atomic mass is 10.0. The monoisotopic (exact) mass is 713 g/mol. The quantitative estimate of drug-likeness (QED) is 0.268. The molecular weight excluding hydrogens is 669 g/mol. The van der Waals surface area contributed by atoms with Gasteiger partial charge in [-0.3, -0.25) is 4.90 Å². The van der Waals surface area contributed by atoms with E-state index in [9.17, 15) is 4.57 Å². The molecule has 1 atom stereocenters. The molecule has 4 heterocycles. The highest BCUT2D eigenvalue weighted by atomic mass is 79.9. The van der Waals surface area contributed by atoms with Gasteiger partial charge in [-0.05, 0) is 93.3 Å². The van der Waals surface area contributed by atoms with Crippen LogP contribution in [0.4, 0.5) is 28.8 Å². The largest absolute Gasteiger partial charge is 0.494 e. The summed E-state index contributed by atoms with van der Waals surface area (Å²) in [7, 11) is 3.33. The lowest BCUT2D eigenvalue weighted by molar-refractivity contribution is 0.173. The van der Waals surface area contributed by atoms with Crippen LogP contribution in [0.5, 0.6) is 17.2 Å². The van der Waals surface area contributed by atoms with Crippen LogP contribution >= 0.6 is 23.1 Å². The van der Waals surface area contributed by atoms with Crippen LogP contribution in [0.2, 0.25) is 0 Å². The Morgan fingerprint density at radius 1 is 1.04 bits per heavy atom. The highest BCUT2D eigenvalue weighted by molar-refractivity contribution is 9.10. The first kappa shape index (κ1) is 32.9. The van der Waals surface area contributed by atoms with Crippen LogP contribution < -0.4 is 35.0 Å². The van der Waals surface area contributed by atoms with Gasteiger partial charge in [0.2, 0.25) is 5.95 Å². The van der Waals surface area contributed by atoms with E-state index >= 15 is 0 Å². The van der Waals surface area contributed by atoms with Gasteiger partial charge in [0.1, 0.15) is 31.9 Å². The van der Waals surface area contributed by atoms with E-state index in [4.69, 9.17) is 19.2 Å². The molecule has 3 aliphatic rings. The van der Waals surface area contributed by atoms with Crippen LogP contribution in [0.15, 0.2) is 34.9 Å². The molecule has 2 N–H and O–H groups in total. The zero-order valence-electron chi connectivity index (χ0n) is 27.6. The van der Waals surface area contributed by atoms with Gasteiger partial charge in [-0.15, -0.1) is 0 Å². The molecule has 46 heavy (non-hydrogen) atoms. The lowest BCUT2D eigenvalue weighted by Gasteiger charge is -2.38. The minimum absolute atomic E-state index is 0.397. The molecular formula is C33H45BrN7O4P. The fraction of sp³-hybridized carbons (Fsp3) is 0.515. The van der Waals surface area contributed by atoms with Crippen molar-refractivity contribution in [3.63, 3.8) is 0 Å². The van der Waals surface area contributed by atoms with Crippen LogP contribution in [0, 0.1) is 6.92 Å². The van der Waals surface area contributed by atoms with Crippen molar-refractivity contribution in [2.24, 2.45) is 0 Å². The first-order valence-corrected chi connectivity index (χ1v) is 19.3. The van der Waals surface area contributed by atoms with E-state index in [1.165, 1.54) is 38.0 Å². The summed E-state index contributed by atoms with van der Waals surface area (Å²) in [4.78, 5) is 16.8. The SMILES string of the molecule is COc1cc(N2CCC(N3CCC(N(C)C)C3)CC2)c(C)cc1Nc1ncc(Br)c(Nc2ccc3c(c2P(C)(C)=O)OCCO3)n1. The first-order valence-electron chi connectivity index (χ1n) is 15.9. The molecule has 0 spiro atoms. The van der Waals surface area contributed by atoms with E-state index in [-0.39, 0.29) is 0 Å². The second kappa shape index (κ2) is 13.6. The maximum Gasteiger partial charge on any atom is 0.229 e. The Kier molecular flexibility index (Phi) is 9.71. The van der Waals surface area contributed by atoms with Crippen molar-refractivity contribution in [2.45, 2.75) is 38.3 Å². The van der Waals surface area contributed by atoms with Gasteiger partial charge >= 0.3 is 0 Å². The van der Waals surface area contributed by atoms with Gasteiger partial charge in [-0.2, -0.15) is 4.98 Å². The van der Waals surface area contributed by atoms with Crippen molar-refractivity contribution in [1.29, 1.82) is 0 Å². The normalized spacial score (nSPS) is 19.0. The average molecular weight is 715 g/mol. The molecule has 0 radical (unpaired) electrons. The number of hydrogen-bond acceptors (Lipinski definition) is 11. The Morgan fingerprint density at radius 3 is 2.50 bits per heavy atom. The zero-order chi connectivity index (χ0) is 32.6. The summed E-state index contributed by atoms with van der Waals surface area (Å²) in [6, 6.07) is 9.22. The highest BCUT2D eigenvalue weighted by Crippen LogP contribution is 2.47. The van der Waals surface area contributed by atoms with Gasteiger partial charge in [0, 0.05) is 56.2 Å². The van der Waals surface area contributed by atoms with Crippen LogP contribution in [-0.2, 0) is 4.57 Å². The molecule has 13 heteroatoms. The van der Waals surface area contributed by atoms with Crippen molar-refractivity contribution in [3.8, 4) is 17.2 Å². The summed E-state index contributed by atoms with van der Waals surface area (Å²) in [6.45, 7) is 10.9. The molecule has 2 fully saturated rings. The van der Waals surface area contributed by atoms with E-state index in [1.807, 2.05) is 12.1 Å². The Labute approximate surface area is 280 Å². The zero-order valence-corrected chi connectivity index (χ0v) is 30.1. The maximum atomic E-state index is 13.4. The standard InChI is InChI=1S/C33H45BrN7O4P/c1-21-17-26(29(43-4)18-27(21)40-12-9-22(10-13-40)41-14-11-23(20-41)39(2)3)37-33-35-19-24(34)32(38-33)36-25-7-8-28-30(45-16-15-44-28)31(25)46(5,6)42/h7-8,17-19,22-23H,9-16,20H2,1-6H3,(H2,35,36,37,38). The molecule has 1 unspecified atom stereocenters. The third-order valence-electron chi connectivity index (χ3n) is 9.23. The fourth-order valence-electron chi connectivity index (χ4n) is 6.78. The van der Waals surface area contributed by atoms with Crippen molar-refractivity contribution in [2.75, 3.05) is 89.5 Å². The molecule has 2 aromatic carbocycles. The lowest BCUT2D eigenvalue weighted by Crippen LogP contribution is -2.45. The molecule has 0 aliphatic carbocycles. The number of likely N-dealkylation sites (N-methyl/N-ethyl adjacent to an activating group) is 1. The van der Waals surface area contributed by atoms with Gasteiger partial charge < -0.3 is 39.2 Å². The topological polar surface area (TPSA) is 104 Å². The predicted molar refractivity (Wildman–Crippen MR) is 189 cm³/mol. The summed E-state index contributed by atoms with van der Waals surface area (Å²) in [5.74, 6) is 2.76. The maximum absolute atomic E-state index is 13.4. The van der Waals surface area contributed by atoms with Crippen molar-refractivity contribution >= 4 is 57.2 Å². The average Bonchev–Trinajstić information content (AvgIpc) is 3.53. The number of fused-ring (bicyclic) bond motifs is 1. The summed E-state index contributed by atoms with van der Waals surface area (Å²) >= 11 is 3.58. The number of hydrogen-bond donors (Lipinski definition) is 2. The van der Waals surface area contributed by atoms with Gasteiger partial charge in [-0.25, -0.2) is 4.98 Å². The number of aryl methyl sites for hydroxylation is 1. The number of piperidine rings is 1. The number of nitrogens with zero attached hydrogens (tertiary/aromatic N) is 5. The van der Waals surface area contributed by atoms with E-state index in [2.05, 4.69) is 79.4 Å². The number of ether oxygens (including phenoxy) is 3. The second-order valence-corrected chi connectivity index (χ2v) is 16.9. The molecule has 1 aromatic heterocycles. The van der Waals surface area contributed by atoms with Gasteiger partial charge in [0.05, 0.1) is 28.3 Å². The minimum Gasteiger partial charge on any atom is -0.494 e. The van der Waals surface area contributed by atoms with Gasteiger partial charge in [0.25, 0.3) is 0 Å². The van der Waals surface area contributed by atoms with E-state index in [0.717, 1.165) is 30.1 Å². The molecule has 3 aromatic rings.